The number of hydrogen-bond acceptors (Lipinski definition) is 0. The fourth-order valence-corrected chi connectivity index (χ4v) is 8.11. The van der Waals surface area contributed by atoms with Crippen LogP contribution in [0.2, 0.25) is 0 Å². The molecule has 0 amide bonds. The van der Waals surface area contributed by atoms with Gasteiger partial charge in [0.25, 0.3) is 0 Å². The maximum atomic E-state index is 12.5. The summed E-state index contributed by atoms with van der Waals surface area (Å²) in [5.41, 5.74) is 13.0. The number of allylic oxidation sites excluding steroid dienone is 4. The van der Waals surface area contributed by atoms with Gasteiger partial charge in [0.05, 0.1) is 0 Å². The van der Waals surface area contributed by atoms with Crippen LogP contribution < -0.4 is 24.8 Å². The van der Waals surface area contributed by atoms with Gasteiger partial charge < -0.3 is 24.8 Å². The molecule has 0 saturated heterocycles. The smallest absolute Gasteiger partial charge is 1.00 e. The molecule has 4 aromatic carbocycles. The van der Waals surface area contributed by atoms with Gasteiger partial charge >= 0.3 is 137 Å². The van der Waals surface area contributed by atoms with Gasteiger partial charge in [-0.05, 0) is 35.4 Å². The summed E-state index contributed by atoms with van der Waals surface area (Å²) in [5, 5.41) is 0. The van der Waals surface area contributed by atoms with Crippen LogP contribution in [0.4, 0.5) is 26.3 Å². The zero-order valence-electron chi connectivity index (χ0n) is 36.2. The largest absolute Gasteiger partial charge is 1.00 e. The summed E-state index contributed by atoms with van der Waals surface area (Å²) in [6.07, 6.45) is 2.64. The summed E-state index contributed by atoms with van der Waals surface area (Å²) in [6, 6.07) is 20.1. The molecule has 2 aliphatic carbocycles. The summed E-state index contributed by atoms with van der Waals surface area (Å²) in [5.74, 6) is 0.587. The molecule has 0 radical (unpaired) electrons. The average molecular weight is 933 g/mol. The topological polar surface area (TPSA) is 0 Å². The molecule has 0 nitrogen and oxygen atoms in total. The second-order valence-electron chi connectivity index (χ2n) is 18.3. The maximum absolute atomic E-state index is 12.5. The van der Waals surface area contributed by atoms with E-state index < -0.39 is 23.5 Å². The van der Waals surface area contributed by atoms with E-state index in [0.29, 0.717) is 25.7 Å². The number of aryl methyl sites for hydroxylation is 2. The van der Waals surface area contributed by atoms with E-state index in [1.807, 2.05) is 0 Å². The van der Waals surface area contributed by atoms with Gasteiger partial charge in [0.2, 0.25) is 0 Å². The molecule has 0 spiro atoms. The van der Waals surface area contributed by atoms with E-state index in [4.69, 9.17) is 0 Å². The normalized spacial score (nSPS) is 14.7. The number of hydrogen-bond donors (Lipinski definition) is 0. The van der Waals surface area contributed by atoms with Crippen molar-refractivity contribution in [1.82, 2.24) is 0 Å². The first-order valence-electron chi connectivity index (χ1n) is 19.6. The van der Waals surface area contributed by atoms with Crippen LogP contribution in [0.15, 0.2) is 84.5 Å². The first kappa shape index (κ1) is 52.4. The summed E-state index contributed by atoms with van der Waals surface area (Å²) >= 11 is 0.898. The van der Waals surface area contributed by atoms with Crippen molar-refractivity contribution in [2.75, 3.05) is 0 Å². The van der Waals surface area contributed by atoms with Crippen molar-refractivity contribution in [1.29, 1.82) is 0 Å². The van der Waals surface area contributed by atoms with E-state index in [0.717, 1.165) is 54.9 Å². The number of fused-ring (bicyclic) bond motifs is 3. The minimum atomic E-state index is -4.41. The Morgan fingerprint density at radius 3 is 1.51 bits per heavy atom. The number of halogens is 8. The van der Waals surface area contributed by atoms with Crippen LogP contribution in [0.5, 0.6) is 0 Å². The van der Waals surface area contributed by atoms with Crippen LogP contribution >= 0.6 is 0 Å². The van der Waals surface area contributed by atoms with Gasteiger partial charge in [0.1, 0.15) is 0 Å². The Labute approximate surface area is 376 Å². The molecule has 0 fully saturated rings. The van der Waals surface area contributed by atoms with Crippen LogP contribution in [0, 0.1) is 37.3 Å². The Kier molecular flexibility index (Phi) is 17.7. The minimum absolute atomic E-state index is 0. The third-order valence-corrected chi connectivity index (χ3v) is 11.8. The van der Waals surface area contributed by atoms with Crippen LogP contribution in [-0.2, 0) is 53.8 Å². The molecule has 1 unspecified atom stereocenters. The molecule has 1 atom stereocenters. The van der Waals surface area contributed by atoms with Gasteiger partial charge in [0, 0.05) is 0 Å². The maximum Gasteiger partial charge on any atom is -1.00 e. The molecule has 0 aliphatic heterocycles. The third-order valence-electron chi connectivity index (χ3n) is 10.4. The molecule has 59 heavy (non-hydrogen) atoms. The van der Waals surface area contributed by atoms with Crippen molar-refractivity contribution in [3.8, 4) is 11.1 Å². The van der Waals surface area contributed by atoms with Crippen LogP contribution in [0.3, 0.4) is 0 Å². The Hall–Kier alpha value is -2.73. The first-order valence-corrected chi connectivity index (χ1v) is 20.8. The van der Waals surface area contributed by atoms with Crippen molar-refractivity contribution in [2.45, 2.75) is 126 Å². The fourth-order valence-electron chi connectivity index (χ4n) is 7.29. The van der Waals surface area contributed by atoms with Gasteiger partial charge in [-0.25, -0.2) is 6.08 Å². The SMILES string of the molecule is CCCC1[C-]=CC(C(C)(C)C)=C1.Cc1[c-]c2c(cc1C(C)(C)C)-c1cc(C(C)(C)C)c(C)cc1C2.FC(F)(F)c1ccc([C](=[Zr+2])c2ccc(C(F)(F)F)cc2)cc1.[Cl-].[Cl-]. The second kappa shape index (κ2) is 20.0. The van der Waals surface area contributed by atoms with Gasteiger partial charge in [0.15, 0.2) is 0 Å². The number of benzene rings is 4. The molecule has 0 saturated carbocycles. The summed E-state index contributed by atoms with van der Waals surface area (Å²) in [7, 11) is 0. The van der Waals surface area contributed by atoms with Gasteiger partial charge in [-0.1, -0.05) is 123 Å². The number of rotatable bonds is 4. The fraction of sp³-hybridized carbons (Fsp3) is 0.420. The second-order valence-corrected chi connectivity index (χ2v) is 19.5. The van der Waals surface area contributed by atoms with Gasteiger partial charge in [-0.15, -0.1) is 16.7 Å². The van der Waals surface area contributed by atoms with Crippen molar-refractivity contribution < 1.29 is 75.4 Å². The Morgan fingerprint density at radius 1 is 0.661 bits per heavy atom. The molecule has 0 bridgehead atoms. The van der Waals surface area contributed by atoms with Crippen molar-refractivity contribution in [2.24, 2.45) is 11.3 Å². The van der Waals surface area contributed by atoms with E-state index in [1.54, 1.807) is 0 Å². The first-order chi connectivity index (χ1) is 26.1. The minimum Gasteiger partial charge on any atom is -1.00 e. The zero-order chi connectivity index (χ0) is 42.9. The van der Waals surface area contributed by atoms with E-state index in [2.05, 4.69) is 126 Å². The van der Waals surface area contributed by atoms with E-state index in [1.165, 1.54) is 87.2 Å². The predicted octanol–water partition coefficient (Wildman–Crippen LogP) is 8.87. The Morgan fingerprint density at radius 2 is 1.12 bits per heavy atom. The molecule has 0 aromatic heterocycles. The molecule has 9 heteroatoms. The molecule has 0 N–H and O–H groups in total. The monoisotopic (exact) mass is 930 g/mol. The van der Waals surface area contributed by atoms with Gasteiger partial charge in [-0.2, -0.15) is 29.3 Å². The predicted molar refractivity (Wildman–Crippen MR) is 220 cm³/mol. The van der Waals surface area contributed by atoms with Crippen LogP contribution in [0.25, 0.3) is 11.1 Å². The standard InChI is InChI=1S/C23H29.C15H8F6.C12H19.2ClH.Zr/c1-14-9-16-11-17-10-15(2)21(23(6,7)8)13-19(17)18(16)12-20(14)22(3,4)5;16-14(17,18)12-5-1-10(2-6-12)9-11-3-7-13(8-4-11)15(19,20)21;1-5-6-10-7-8-11(9-10)12(2,3)4;;;/h9,12-13H,11H2,1-8H3;1-8H;8-10H,5-6H2,1-4H3;2*1H;/q-1;;-1;;;+2/p-2. The molecule has 318 valence electrons. The van der Waals surface area contributed by atoms with E-state index in [9.17, 15) is 26.3 Å². The molecular weight excluding hydrogens is 877 g/mol. The Bertz CT molecular complexity index is 1990. The third kappa shape index (κ3) is 13.6. The molecule has 6 rings (SSSR count). The zero-order valence-corrected chi connectivity index (χ0v) is 40.2. The quantitative estimate of drug-likeness (QED) is 0.125. The molecule has 4 aromatic rings. The van der Waals surface area contributed by atoms with Crippen molar-refractivity contribution in [3.63, 3.8) is 0 Å². The van der Waals surface area contributed by atoms with E-state index in [-0.39, 0.29) is 35.6 Å². The van der Waals surface area contributed by atoms with Gasteiger partial charge in [-0.3, -0.25) is 6.08 Å². The molecular formula is C50H56Cl2F6Zr-2. The van der Waals surface area contributed by atoms with Crippen LogP contribution in [-0.4, -0.2) is 3.21 Å². The molecule has 2 aliphatic rings. The number of alkyl halides is 6. The average Bonchev–Trinajstić information content (AvgIpc) is 3.70. The van der Waals surface area contributed by atoms with Crippen LogP contribution in [0.1, 0.15) is 138 Å². The summed E-state index contributed by atoms with van der Waals surface area (Å²) in [4.78, 5) is 0. The Balaban J connectivity index is 0.000000314. The molecule has 0 heterocycles. The van der Waals surface area contributed by atoms with Crippen molar-refractivity contribution in [3.05, 3.63) is 152 Å². The summed E-state index contributed by atoms with van der Waals surface area (Å²) < 4.78 is 75.6. The van der Waals surface area contributed by atoms with Crippen molar-refractivity contribution >= 4 is 3.21 Å². The van der Waals surface area contributed by atoms with E-state index >= 15 is 0 Å². The summed E-state index contributed by atoms with van der Waals surface area (Å²) in [6.45, 7) is 27.2.